The number of hydrogen-bond acceptors (Lipinski definition) is 8. The number of carbonyl (C=O) groups excluding carboxylic acids is 4. The van der Waals surface area contributed by atoms with Gasteiger partial charge in [-0.05, 0) is 38.2 Å². The molecule has 4 rings (SSSR count). The van der Waals surface area contributed by atoms with Crippen molar-refractivity contribution in [1.82, 2.24) is 0 Å². The van der Waals surface area contributed by atoms with Gasteiger partial charge in [0.25, 0.3) is 11.6 Å². The molecule has 0 bridgehead atoms. The summed E-state index contributed by atoms with van der Waals surface area (Å²) in [4.78, 5) is 49.1. The lowest BCUT2D eigenvalue weighted by Crippen LogP contribution is -2.47. The third-order valence-electron chi connectivity index (χ3n) is 6.08. The van der Waals surface area contributed by atoms with Crippen LogP contribution in [0, 0.1) is 0 Å². The standard InChI is InChI=1S/C23H26O8/c24-18-16(19(25)29-22(28-18)12-6-2-7-13-22)10-4-1-5-11-17-20(26)30-23(31-21(17)27)14-8-3-9-15-23/h1,4,10-11H,2-3,5-9,12-15H2. The second-order valence-corrected chi connectivity index (χ2v) is 8.36. The van der Waals surface area contributed by atoms with Gasteiger partial charge in [-0.1, -0.05) is 31.1 Å². The van der Waals surface area contributed by atoms with Gasteiger partial charge in [-0.15, -0.1) is 0 Å². The first-order valence-electron chi connectivity index (χ1n) is 10.9. The lowest BCUT2D eigenvalue weighted by molar-refractivity contribution is -0.246. The van der Waals surface area contributed by atoms with Crippen molar-refractivity contribution in [2.75, 3.05) is 0 Å². The summed E-state index contributed by atoms with van der Waals surface area (Å²) in [6, 6.07) is 0. The number of ether oxygens (including phenoxy) is 4. The lowest BCUT2D eigenvalue weighted by Gasteiger charge is -2.38. The number of esters is 4. The van der Waals surface area contributed by atoms with Gasteiger partial charge in [-0.3, -0.25) is 0 Å². The smallest absolute Gasteiger partial charge is 0.348 e. The Bertz CT molecular complexity index is 822. The molecule has 2 aliphatic heterocycles. The highest BCUT2D eigenvalue weighted by Gasteiger charge is 2.47. The Balaban J connectivity index is 1.34. The average Bonchev–Trinajstić information content (AvgIpc) is 2.72. The van der Waals surface area contributed by atoms with Gasteiger partial charge in [-0.2, -0.15) is 0 Å². The van der Waals surface area contributed by atoms with Crippen LogP contribution in [0.15, 0.2) is 35.5 Å². The maximum Gasteiger partial charge on any atom is 0.348 e. The molecular weight excluding hydrogens is 404 g/mol. The van der Waals surface area contributed by atoms with Crippen LogP contribution in [0.25, 0.3) is 0 Å². The molecule has 0 aromatic heterocycles. The molecule has 4 fully saturated rings. The fourth-order valence-electron chi connectivity index (χ4n) is 4.42. The van der Waals surface area contributed by atoms with Gasteiger partial charge in [0.2, 0.25) is 0 Å². The first kappa shape index (κ1) is 21.3. The average molecular weight is 430 g/mol. The number of carbonyl (C=O) groups is 4. The van der Waals surface area contributed by atoms with Crippen LogP contribution in [-0.4, -0.2) is 35.5 Å². The van der Waals surface area contributed by atoms with Gasteiger partial charge < -0.3 is 18.9 Å². The van der Waals surface area contributed by atoms with E-state index in [1.54, 1.807) is 6.08 Å². The Morgan fingerprint density at radius 3 is 1.48 bits per heavy atom. The molecule has 8 heteroatoms. The largest absolute Gasteiger partial charge is 0.419 e. The van der Waals surface area contributed by atoms with Crippen molar-refractivity contribution in [2.24, 2.45) is 0 Å². The normalized spacial score (nSPS) is 25.2. The quantitative estimate of drug-likeness (QED) is 0.381. The zero-order valence-corrected chi connectivity index (χ0v) is 17.4. The molecule has 2 aliphatic carbocycles. The van der Waals surface area contributed by atoms with Gasteiger partial charge in [-0.25, -0.2) is 19.2 Å². The van der Waals surface area contributed by atoms with Gasteiger partial charge in [0.1, 0.15) is 11.1 Å². The topological polar surface area (TPSA) is 105 Å². The Morgan fingerprint density at radius 1 is 0.613 bits per heavy atom. The Hall–Kier alpha value is -2.90. The van der Waals surface area contributed by atoms with E-state index in [1.807, 2.05) is 0 Å². The molecule has 2 saturated carbocycles. The summed E-state index contributed by atoms with van der Waals surface area (Å²) in [5.74, 6) is -4.97. The molecule has 166 valence electrons. The molecule has 31 heavy (non-hydrogen) atoms. The van der Waals surface area contributed by atoms with E-state index < -0.39 is 35.5 Å². The molecule has 0 aromatic rings. The summed E-state index contributed by atoms with van der Waals surface area (Å²) in [5, 5.41) is 0. The second-order valence-electron chi connectivity index (χ2n) is 8.36. The minimum Gasteiger partial charge on any atom is -0.419 e. The molecular formula is C23H26O8. The van der Waals surface area contributed by atoms with E-state index in [-0.39, 0.29) is 17.6 Å². The summed E-state index contributed by atoms with van der Waals surface area (Å²) in [5.41, 5.74) is -0.333. The predicted molar refractivity (Wildman–Crippen MR) is 106 cm³/mol. The molecule has 0 aromatic carbocycles. The van der Waals surface area contributed by atoms with E-state index in [0.29, 0.717) is 25.7 Å². The zero-order valence-electron chi connectivity index (χ0n) is 17.4. The molecule has 0 atom stereocenters. The van der Waals surface area contributed by atoms with Gasteiger partial charge in [0.05, 0.1) is 0 Å². The van der Waals surface area contributed by atoms with E-state index >= 15 is 0 Å². The summed E-state index contributed by atoms with van der Waals surface area (Å²) in [7, 11) is 0. The predicted octanol–water partition coefficient (Wildman–Crippen LogP) is 3.31. The van der Waals surface area contributed by atoms with E-state index in [2.05, 4.69) is 0 Å². The van der Waals surface area contributed by atoms with Crippen LogP contribution in [0.3, 0.4) is 0 Å². The molecule has 0 unspecified atom stereocenters. The van der Waals surface area contributed by atoms with E-state index in [4.69, 9.17) is 18.9 Å². The van der Waals surface area contributed by atoms with E-state index in [9.17, 15) is 19.2 Å². The van der Waals surface area contributed by atoms with Crippen LogP contribution in [0.2, 0.25) is 0 Å². The maximum absolute atomic E-state index is 12.3. The summed E-state index contributed by atoms with van der Waals surface area (Å²) in [6.07, 6.45) is 13.6. The van der Waals surface area contributed by atoms with Crippen LogP contribution in [0.1, 0.15) is 70.6 Å². The third kappa shape index (κ3) is 4.57. The minimum absolute atomic E-state index is 0.149. The van der Waals surface area contributed by atoms with Crippen LogP contribution >= 0.6 is 0 Å². The van der Waals surface area contributed by atoms with Crippen LogP contribution < -0.4 is 0 Å². The molecule has 8 nitrogen and oxygen atoms in total. The van der Waals surface area contributed by atoms with Crippen molar-refractivity contribution in [3.8, 4) is 0 Å². The molecule has 0 N–H and O–H groups in total. The number of allylic oxidation sites excluding steroid dienone is 4. The summed E-state index contributed by atoms with van der Waals surface area (Å²) in [6.45, 7) is 0. The Labute approximate surface area is 180 Å². The number of rotatable bonds is 3. The lowest BCUT2D eigenvalue weighted by atomic mass is 9.93. The Morgan fingerprint density at radius 2 is 1.03 bits per heavy atom. The second kappa shape index (κ2) is 8.69. The van der Waals surface area contributed by atoms with Crippen molar-refractivity contribution in [3.05, 3.63) is 35.5 Å². The highest BCUT2D eigenvalue weighted by Crippen LogP contribution is 2.38. The summed E-state index contributed by atoms with van der Waals surface area (Å²) < 4.78 is 21.7. The van der Waals surface area contributed by atoms with Crippen LogP contribution in [0.5, 0.6) is 0 Å². The van der Waals surface area contributed by atoms with Crippen molar-refractivity contribution in [1.29, 1.82) is 0 Å². The van der Waals surface area contributed by atoms with Crippen molar-refractivity contribution >= 4 is 23.9 Å². The third-order valence-corrected chi connectivity index (χ3v) is 6.08. The fraction of sp³-hybridized carbons (Fsp3) is 0.565. The van der Waals surface area contributed by atoms with Gasteiger partial charge in [0, 0.05) is 25.7 Å². The molecule has 4 aliphatic rings. The van der Waals surface area contributed by atoms with Crippen molar-refractivity contribution in [3.63, 3.8) is 0 Å². The monoisotopic (exact) mass is 430 g/mol. The van der Waals surface area contributed by atoms with Crippen molar-refractivity contribution < 1.29 is 38.1 Å². The minimum atomic E-state index is -1.12. The first-order valence-corrected chi connectivity index (χ1v) is 10.9. The molecule has 0 radical (unpaired) electrons. The van der Waals surface area contributed by atoms with Crippen molar-refractivity contribution in [2.45, 2.75) is 82.2 Å². The fourth-order valence-corrected chi connectivity index (χ4v) is 4.42. The molecule has 2 spiro atoms. The SMILES string of the molecule is O=C1OC2(CCCCC2)OC(=O)C1=CC=CCC=C1C(=O)OC2(CCCCC2)OC1=O. The Kier molecular flexibility index (Phi) is 5.98. The highest BCUT2D eigenvalue weighted by atomic mass is 16.8. The van der Waals surface area contributed by atoms with E-state index in [1.165, 1.54) is 18.2 Å². The number of hydrogen-bond donors (Lipinski definition) is 0. The maximum atomic E-state index is 12.3. The summed E-state index contributed by atoms with van der Waals surface area (Å²) >= 11 is 0. The highest BCUT2D eigenvalue weighted by molar-refractivity contribution is 6.16. The zero-order chi connectivity index (χ0) is 21.9. The van der Waals surface area contributed by atoms with Gasteiger partial charge in [0.15, 0.2) is 0 Å². The van der Waals surface area contributed by atoms with Crippen LogP contribution in [0.4, 0.5) is 0 Å². The molecule has 2 saturated heterocycles. The van der Waals surface area contributed by atoms with Gasteiger partial charge >= 0.3 is 23.9 Å². The first-order chi connectivity index (χ1) is 14.9. The molecule has 0 amide bonds. The molecule has 2 heterocycles. The van der Waals surface area contributed by atoms with E-state index in [0.717, 1.165) is 38.5 Å². The van der Waals surface area contributed by atoms with Crippen LogP contribution in [-0.2, 0) is 38.1 Å².